The molecule has 1 aromatic heterocycles. The highest BCUT2D eigenvalue weighted by atomic mass is 32.1. The number of carbonyl (C=O) groups is 1. The van der Waals surface area contributed by atoms with Gasteiger partial charge in [-0.3, -0.25) is 4.79 Å². The number of para-hydroxylation sites is 1. The summed E-state index contributed by atoms with van der Waals surface area (Å²) >= 11 is 1.58. The highest BCUT2D eigenvalue weighted by Crippen LogP contribution is 2.15. The minimum Gasteiger partial charge on any atom is -0.508 e. The molecule has 2 aromatic rings. The van der Waals surface area contributed by atoms with Crippen LogP contribution in [0.25, 0.3) is 0 Å². The van der Waals surface area contributed by atoms with Gasteiger partial charge < -0.3 is 10.4 Å². The molecule has 2 N–H and O–H groups in total. The van der Waals surface area contributed by atoms with E-state index >= 15 is 0 Å². The molecule has 1 aromatic carbocycles. The minimum atomic E-state index is -0.0898. The summed E-state index contributed by atoms with van der Waals surface area (Å²) in [5.41, 5.74) is 0.643. The predicted molar refractivity (Wildman–Crippen MR) is 70.6 cm³/mol. The fourth-order valence-electron chi connectivity index (χ4n) is 1.58. The second kappa shape index (κ2) is 6.16. The number of nitrogens with zero attached hydrogens (tertiary/aromatic N) is 1. The van der Waals surface area contributed by atoms with Crippen molar-refractivity contribution in [2.24, 2.45) is 0 Å². The highest BCUT2D eigenvalue weighted by molar-refractivity contribution is 7.09. The van der Waals surface area contributed by atoms with Crippen LogP contribution in [0.2, 0.25) is 0 Å². The molecule has 0 aliphatic rings. The van der Waals surface area contributed by atoms with Gasteiger partial charge in [-0.15, -0.1) is 11.3 Å². The van der Waals surface area contributed by atoms with Crippen molar-refractivity contribution in [2.45, 2.75) is 12.8 Å². The van der Waals surface area contributed by atoms with Gasteiger partial charge in [-0.2, -0.15) is 0 Å². The molecule has 0 unspecified atom stereocenters. The fourth-order valence-corrected chi connectivity index (χ4v) is 2.20. The summed E-state index contributed by atoms with van der Waals surface area (Å²) in [6, 6.07) is 6.87. The number of amides is 1. The number of carbonyl (C=O) groups excluding carboxylic acids is 1. The van der Waals surface area contributed by atoms with Crippen molar-refractivity contribution >= 4 is 17.2 Å². The van der Waals surface area contributed by atoms with Gasteiger partial charge in [0.15, 0.2) is 0 Å². The lowest BCUT2D eigenvalue weighted by Gasteiger charge is -2.05. The van der Waals surface area contributed by atoms with Crippen molar-refractivity contribution in [2.75, 3.05) is 6.54 Å². The standard InChI is InChI=1S/C13H14N2O2S/c16-11-4-2-1-3-10(11)9-12(17)14-6-5-13-15-7-8-18-13/h1-4,7-8,16H,5-6,9H2,(H,14,17). The molecule has 94 valence electrons. The van der Waals surface area contributed by atoms with Crippen LogP contribution in [0.15, 0.2) is 35.8 Å². The van der Waals surface area contributed by atoms with E-state index in [1.807, 2.05) is 5.38 Å². The van der Waals surface area contributed by atoms with Crippen LogP contribution in [-0.2, 0) is 17.6 Å². The van der Waals surface area contributed by atoms with E-state index in [1.54, 1.807) is 41.8 Å². The summed E-state index contributed by atoms with van der Waals surface area (Å²) in [5.74, 6) is 0.0700. The lowest BCUT2D eigenvalue weighted by molar-refractivity contribution is -0.120. The molecule has 2 rings (SSSR count). The van der Waals surface area contributed by atoms with Gasteiger partial charge in [-0.05, 0) is 6.07 Å². The Morgan fingerprint density at radius 2 is 2.22 bits per heavy atom. The molecule has 0 aliphatic heterocycles. The molecular weight excluding hydrogens is 248 g/mol. The lowest BCUT2D eigenvalue weighted by atomic mass is 10.1. The Bertz CT molecular complexity index is 511. The Morgan fingerprint density at radius 3 is 2.94 bits per heavy atom. The summed E-state index contributed by atoms with van der Waals surface area (Å²) in [6.07, 6.45) is 2.69. The van der Waals surface area contributed by atoms with Crippen LogP contribution < -0.4 is 5.32 Å². The smallest absolute Gasteiger partial charge is 0.224 e. The monoisotopic (exact) mass is 262 g/mol. The van der Waals surface area contributed by atoms with Gasteiger partial charge in [-0.25, -0.2) is 4.98 Å². The third-order valence-electron chi connectivity index (χ3n) is 2.49. The Morgan fingerprint density at radius 1 is 1.39 bits per heavy atom. The summed E-state index contributed by atoms with van der Waals surface area (Å²) in [7, 11) is 0. The van der Waals surface area contributed by atoms with Crippen molar-refractivity contribution in [1.82, 2.24) is 10.3 Å². The van der Waals surface area contributed by atoms with Crippen molar-refractivity contribution in [1.29, 1.82) is 0 Å². The van der Waals surface area contributed by atoms with Crippen molar-refractivity contribution in [3.05, 3.63) is 46.4 Å². The first-order valence-corrected chi connectivity index (χ1v) is 6.55. The SMILES string of the molecule is O=C(Cc1ccccc1O)NCCc1nccs1. The van der Waals surface area contributed by atoms with E-state index in [1.165, 1.54) is 0 Å². The van der Waals surface area contributed by atoms with E-state index in [4.69, 9.17) is 0 Å². The Kier molecular flexibility index (Phi) is 4.30. The van der Waals surface area contributed by atoms with E-state index < -0.39 is 0 Å². The second-order valence-electron chi connectivity index (χ2n) is 3.83. The number of hydrogen-bond acceptors (Lipinski definition) is 4. The molecule has 5 heteroatoms. The summed E-state index contributed by atoms with van der Waals surface area (Å²) in [4.78, 5) is 15.8. The van der Waals surface area contributed by atoms with Gasteiger partial charge in [0.2, 0.25) is 5.91 Å². The number of hydrogen-bond donors (Lipinski definition) is 2. The van der Waals surface area contributed by atoms with Crippen LogP contribution >= 0.6 is 11.3 Å². The number of rotatable bonds is 5. The van der Waals surface area contributed by atoms with E-state index in [0.717, 1.165) is 11.4 Å². The average Bonchev–Trinajstić information content (AvgIpc) is 2.85. The van der Waals surface area contributed by atoms with Gasteiger partial charge in [0, 0.05) is 30.1 Å². The van der Waals surface area contributed by atoms with Gasteiger partial charge >= 0.3 is 0 Å². The number of nitrogens with one attached hydrogen (secondary N) is 1. The number of phenols is 1. The lowest BCUT2D eigenvalue weighted by Crippen LogP contribution is -2.27. The van der Waals surface area contributed by atoms with Crippen LogP contribution in [-0.4, -0.2) is 22.5 Å². The first-order valence-electron chi connectivity index (χ1n) is 5.67. The highest BCUT2D eigenvalue weighted by Gasteiger charge is 2.06. The molecule has 1 amide bonds. The van der Waals surface area contributed by atoms with Gasteiger partial charge in [-0.1, -0.05) is 18.2 Å². The molecule has 0 fully saturated rings. The molecule has 4 nitrogen and oxygen atoms in total. The van der Waals surface area contributed by atoms with Crippen molar-refractivity contribution in [3.63, 3.8) is 0 Å². The molecule has 0 atom stereocenters. The zero-order valence-corrected chi connectivity index (χ0v) is 10.6. The van der Waals surface area contributed by atoms with E-state index in [0.29, 0.717) is 12.1 Å². The maximum Gasteiger partial charge on any atom is 0.224 e. The third kappa shape index (κ3) is 3.56. The maximum atomic E-state index is 11.7. The zero-order chi connectivity index (χ0) is 12.8. The van der Waals surface area contributed by atoms with Crippen LogP contribution in [0.1, 0.15) is 10.6 Å². The number of aromatic hydroxyl groups is 1. The number of benzene rings is 1. The second-order valence-corrected chi connectivity index (χ2v) is 4.81. The number of phenolic OH excluding ortho intramolecular Hbond substituents is 1. The van der Waals surface area contributed by atoms with E-state index in [2.05, 4.69) is 10.3 Å². The van der Waals surface area contributed by atoms with Gasteiger partial charge in [0.1, 0.15) is 5.75 Å². The zero-order valence-electron chi connectivity index (χ0n) is 9.80. The molecule has 0 radical (unpaired) electrons. The largest absolute Gasteiger partial charge is 0.508 e. The first kappa shape index (κ1) is 12.6. The fraction of sp³-hybridized carbons (Fsp3) is 0.231. The third-order valence-corrected chi connectivity index (χ3v) is 3.33. The molecule has 18 heavy (non-hydrogen) atoms. The topological polar surface area (TPSA) is 62.2 Å². The molecule has 0 spiro atoms. The van der Waals surface area contributed by atoms with Gasteiger partial charge in [0.05, 0.1) is 11.4 Å². The summed E-state index contributed by atoms with van der Waals surface area (Å²) in [5, 5.41) is 15.3. The Balaban J connectivity index is 1.77. The molecule has 0 saturated carbocycles. The van der Waals surface area contributed by atoms with Crippen LogP contribution in [0, 0.1) is 0 Å². The molecule has 0 saturated heterocycles. The maximum absolute atomic E-state index is 11.7. The molecule has 0 bridgehead atoms. The Labute approximate surface area is 109 Å². The predicted octanol–water partition coefficient (Wildman–Crippen LogP) is 1.75. The summed E-state index contributed by atoms with van der Waals surface area (Å²) in [6.45, 7) is 0.569. The minimum absolute atomic E-state index is 0.0898. The number of aromatic nitrogens is 1. The van der Waals surface area contributed by atoms with Crippen LogP contribution in [0.4, 0.5) is 0 Å². The van der Waals surface area contributed by atoms with E-state index in [-0.39, 0.29) is 18.1 Å². The van der Waals surface area contributed by atoms with Crippen molar-refractivity contribution in [3.8, 4) is 5.75 Å². The molecular formula is C13H14N2O2S. The summed E-state index contributed by atoms with van der Waals surface area (Å²) < 4.78 is 0. The Hall–Kier alpha value is -1.88. The quantitative estimate of drug-likeness (QED) is 0.863. The number of thiazole rings is 1. The normalized spacial score (nSPS) is 10.2. The van der Waals surface area contributed by atoms with Crippen LogP contribution in [0.5, 0.6) is 5.75 Å². The average molecular weight is 262 g/mol. The van der Waals surface area contributed by atoms with Crippen LogP contribution in [0.3, 0.4) is 0 Å². The molecule has 0 aliphatic carbocycles. The van der Waals surface area contributed by atoms with Gasteiger partial charge in [0.25, 0.3) is 0 Å². The van der Waals surface area contributed by atoms with Crippen molar-refractivity contribution < 1.29 is 9.90 Å². The molecule has 1 heterocycles. The first-order chi connectivity index (χ1) is 8.75. The van der Waals surface area contributed by atoms with E-state index in [9.17, 15) is 9.90 Å².